The van der Waals surface area contributed by atoms with Crippen LogP contribution in [0.3, 0.4) is 0 Å². The molecule has 0 unspecified atom stereocenters. The molecule has 3 N–H and O–H groups in total. The summed E-state index contributed by atoms with van der Waals surface area (Å²) in [5, 5.41) is 21.2. The van der Waals surface area contributed by atoms with E-state index >= 15 is 0 Å². The molecule has 236 valence electrons. The summed E-state index contributed by atoms with van der Waals surface area (Å²) >= 11 is 0. The normalized spacial score (nSPS) is 19.4. The zero-order valence-electron chi connectivity index (χ0n) is 25.7. The predicted octanol–water partition coefficient (Wildman–Crippen LogP) is 5.63. The predicted molar refractivity (Wildman–Crippen MR) is 168 cm³/mol. The highest BCUT2D eigenvalue weighted by molar-refractivity contribution is 6.04. The maximum absolute atomic E-state index is 13.5. The van der Waals surface area contributed by atoms with Gasteiger partial charge >= 0.3 is 5.97 Å². The van der Waals surface area contributed by atoms with Crippen molar-refractivity contribution in [3.8, 4) is 5.88 Å². The molecule has 11 nitrogen and oxygen atoms in total. The summed E-state index contributed by atoms with van der Waals surface area (Å²) in [5.41, 5.74) is 1.54. The van der Waals surface area contributed by atoms with E-state index in [0.29, 0.717) is 68.0 Å². The lowest BCUT2D eigenvalue weighted by molar-refractivity contribution is -0.128. The average Bonchev–Trinajstić information content (AvgIpc) is 3.33. The van der Waals surface area contributed by atoms with Gasteiger partial charge in [-0.1, -0.05) is 38.0 Å². The highest BCUT2D eigenvalue weighted by Gasteiger charge is 2.48. The Morgan fingerprint density at radius 1 is 1.13 bits per heavy atom. The number of nitrogens with one attached hydrogen (secondary N) is 3. The van der Waals surface area contributed by atoms with Crippen LogP contribution in [0.2, 0.25) is 0 Å². The van der Waals surface area contributed by atoms with Crippen molar-refractivity contribution in [2.75, 3.05) is 7.11 Å². The summed E-state index contributed by atoms with van der Waals surface area (Å²) in [6.45, 7) is 1.85. The van der Waals surface area contributed by atoms with Gasteiger partial charge in [0.25, 0.3) is 0 Å². The van der Waals surface area contributed by atoms with Crippen LogP contribution in [0.4, 0.5) is 0 Å². The number of rotatable bonds is 12. The van der Waals surface area contributed by atoms with Crippen molar-refractivity contribution in [1.82, 2.24) is 15.3 Å². The van der Waals surface area contributed by atoms with Gasteiger partial charge in [0.05, 0.1) is 23.8 Å². The topological polar surface area (TPSA) is 164 Å². The fraction of sp³-hybridized carbons (Fsp3) is 0.441. The van der Waals surface area contributed by atoms with Gasteiger partial charge in [0.15, 0.2) is 0 Å². The first kappa shape index (κ1) is 31.7. The van der Waals surface area contributed by atoms with Crippen LogP contribution in [0, 0.1) is 16.7 Å². The fourth-order valence-electron chi connectivity index (χ4n) is 6.18. The second-order valence-electron chi connectivity index (χ2n) is 11.7. The van der Waals surface area contributed by atoms with Crippen LogP contribution in [0.1, 0.15) is 92.6 Å². The minimum atomic E-state index is -0.774. The summed E-state index contributed by atoms with van der Waals surface area (Å²) in [6.07, 6.45) is 8.84. The third-order valence-electron chi connectivity index (χ3n) is 8.80. The number of fused-ring (bicyclic) bond motifs is 3. The van der Waals surface area contributed by atoms with Crippen molar-refractivity contribution in [2.45, 2.75) is 82.8 Å². The van der Waals surface area contributed by atoms with Crippen LogP contribution >= 0.6 is 0 Å². The molecule has 1 amide bonds. The first-order valence-corrected chi connectivity index (χ1v) is 15.5. The standard InChI is InChI=1S/C34H39N5O6/c1-3-23(40)10-5-4-6-12-28(30(36)44-29(35)25-19-22-9-7-8-11-27(22)39-32(25)43-2)38-31(41)21-13-16-34(17-14-21)26-20-37-18-15-24(26)33(42)45-34/h7-9,11,15,18-21,28,35-36H,3-6,10,12-14,16-17H2,1-2H3,(H,38,41)/t21?,28-,34?/m0/s1. The smallest absolute Gasteiger partial charge is 0.339 e. The monoisotopic (exact) mass is 613 g/mol. The van der Waals surface area contributed by atoms with Crippen LogP contribution in [-0.4, -0.2) is 52.6 Å². The van der Waals surface area contributed by atoms with Crippen LogP contribution < -0.4 is 10.1 Å². The Bertz CT molecular complexity index is 1610. The Hall–Kier alpha value is -4.67. The highest BCUT2D eigenvalue weighted by Crippen LogP contribution is 2.47. The van der Waals surface area contributed by atoms with Crippen molar-refractivity contribution in [2.24, 2.45) is 5.92 Å². The van der Waals surface area contributed by atoms with Crippen molar-refractivity contribution in [1.29, 1.82) is 10.8 Å². The number of pyridine rings is 2. The van der Waals surface area contributed by atoms with Crippen molar-refractivity contribution >= 4 is 40.4 Å². The van der Waals surface area contributed by atoms with E-state index in [1.54, 1.807) is 24.5 Å². The molecule has 1 aliphatic heterocycles. The van der Waals surface area contributed by atoms with Gasteiger partial charge in [-0.3, -0.25) is 25.4 Å². The van der Waals surface area contributed by atoms with Gasteiger partial charge in [0, 0.05) is 42.1 Å². The van der Waals surface area contributed by atoms with Gasteiger partial charge in [-0.15, -0.1) is 0 Å². The number of nitrogens with zero attached hydrogens (tertiary/aromatic N) is 2. The van der Waals surface area contributed by atoms with E-state index in [2.05, 4.69) is 15.3 Å². The molecule has 1 aromatic carbocycles. The number of carbonyl (C=O) groups is 3. The Labute approximate surface area is 262 Å². The summed E-state index contributed by atoms with van der Waals surface area (Å²) in [5.74, 6) is -1.06. The number of carbonyl (C=O) groups excluding carboxylic acids is 3. The number of aromatic nitrogens is 2. The second kappa shape index (κ2) is 14.0. The number of esters is 1. The Balaban J connectivity index is 1.25. The van der Waals surface area contributed by atoms with Gasteiger partial charge in [0.2, 0.25) is 23.6 Å². The maximum atomic E-state index is 13.5. The number of unbranched alkanes of at least 4 members (excludes halogenated alkanes) is 2. The molecule has 0 radical (unpaired) electrons. The molecule has 5 rings (SSSR count). The van der Waals surface area contributed by atoms with Gasteiger partial charge in [0.1, 0.15) is 17.4 Å². The van der Waals surface area contributed by atoms with Crippen LogP contribution in [0.15, 0.2) is 48.8 Å². The number of ketones is 1. The molecular weight excluding hydrogens is 574 g/mol. The molecule has 3 heterocycles. The van der Waals surface area contributed by atoms with Gasteiger partial charge in [-0.2, -0.15) is 0 Å². The minimum Gasteiger partial charge on any atom is -0.480 e. The molecule has 1 spiro atoms. The maximum Gasteiger partial charge on any atom is 0.339 e. The van der Waals surface area contributed by atoms with E-state index < -0.39 is 11.6 Å². The fourth-order valence-corrected chi connectivity index (χ4v) is 6.18. The first-order valence-electron chi connectivity index (χ1n) is 15.5. The lowest BCUT2D eigenvalue weighted by Gasteiger charge is -2.36. The molecule has 45 heavy (non-hydrogen) atoms. The first-order chi connectivity index (χ1) is 21.7. The summed E-state index contributed by atoms with van der Waals surface area (Å²) < 4.78 is 17.0. The molecule has 2 aliphatic rings. The molecular formula is C34H39N5O6. The highest BCUT2D eigenvalue weighted by atomic mass is 16.6. The summed E-state index contributed by atoms with van der Waals surface area (Å²) in [4.78, 5) is 46.4. The molecule has 11 heteroatoms. The largest absolute Gasteiger partial charge is 0.480 e. The van der Waals surface area contributed by atoms with Crippen LogP contribution in [0.5, 0.6) is 5.88 Å². The molecule has 0 bridgehead atoms. The molecule has 1 atom stereocenters. The number of hydrogen-bond donors (Lipinski definition) is 3. The minimum absolute atomic E-state index is 0.202. The van der Waals surface area contributed by atoms with Gasteiger partial charge < -0.3 is 19.5 Å². The van der Waals surface area contributed by atoms with Crippen molar-refractivity contribution in [3.05, 3.63) is 65.5 Å². The number of Topliss-reactive ketones (excluding diaryl/α,β-unsaturated/α-hetero) is 1. The second-order valence-corrected chi connectivity index (χ2v) is 11.7. The number of benzene rings is 1. The van der Waals surface area contributed by atoms with E-state index in [1.807, 2.05) is 31.2 Å². The van der Waals surface area contributed by atoms with Gasteiger partial charge in [-0.25, -0.2) is 9.78 Å². The van der Waals surface area contributed by atoms with Crippen molar-refractivity contribution < 1.29 is 28.6 Å². The van der Waals surface area contributed by atoms with Crippen molar-refractivity contribution in [3.63, 3.8) is 0 Å². The van der Waals surface area contributed by atoms with Crippen LogP contribution in [-0.2, 0) is 24.7 Å². The van der Waals surface area contributed by atoms with Crippen LogP contribution in [0.25, 0.3) is 10.9 Å². The zero-order chi connectivity index (χ0) is 32.0. The Kier molecular flexibility index (Phi) is 9.85. The number of para-hydroxylation sites is 1. The van der Waals surface area contributed by atoms with E-state index in [9.17, 15) is 14.4 Å². The third-order valence-corrected chi connectivity index (χ3v) is 8.80. The van der Waals surface area contributed by atoms with E-state index in [-0.39, 0.29) is 41.3 Å². The molecule has 2 aromatic heterocycles. The summed E-state index contributed by atoms with van der Waals surface area (Å²) in [7, 11) is 1.46. The van der Waals surface area contributed by atoms with E-state index in [4.69, 9.17) is 25.0 Å². The third kappa shape index (κ3) is 7.02. The lowest BCUT2D eigenvalue weighted by Crippen LogP contribution is -2.46. The number of ether oxygens (including phenoxy) is 3. The quantitative estimate of drug-likeness (QED) is 0.102. The SMILES string of the molecule is CCC(=O)CCCCC[C@H](NC(=O)C1CCC2(CC1)OC(=O)c1ccncc12)C(=N)OC(=N)c1cc2ccccc2nc1OC. The lowest BCUT2D eigenvalue weighted by atomic mass is 9.75. The molecule has 1 aliphatic carbocycles. The van der Waals surface area contributed by atoms with E-state index in [1.165, 1.54) is 7.11 Å². The van der Waals surface area contributed by atoms with E-state index in [0.717, 1.165) is 23.8 Å². The molecule has 1 fully saturated rings. The number of amides is 1. The average molecular weight is 614 g/mol. The zero-order valence-corrected chi connectivity index (χ0v) is 25.7. The van der Waals surface area contributed by atoms with Gasteiger partial charge in [-0.05, 0) is 56.7 Å². The number of methoxy groups -OCH3 is 1. The Morgan fingerprint density at radius 3 is 2.67 bits per heavy atom. The number of hydrogen-bond acceptors (Lipinski definition) is 10. The molecule has 1 saturated carbocycles. The molecule has 0 saturated heterocycles. The summed E-state index contributed by atoms with van der Waals surface area (Å²) in [6, 6.07) is 10.1. The molecule has 3 aromatic rings. The Morgan fingerprint density at radius 2 is 1.91 bits per heavy atom.